The van der Waals surface area contributed by atoms with Gasteiger partial charge in [0.25, 0.3) is 0 Å². The van der Waals surface area contributed by atoms with Gasteiger partial charge in [0, 0.05) is 31.0 Å². The summed E-state index contributed by atoms with van der Waals surface area (Å²) in [4.78, 5) is 79.1. The van der Waals surface area contributed by atoms with Crippen LogP contribution in [0.2, 0.25) is 0 Å². The van der Waals surface area contributed by atoms with Crippen LogP contribution in [0.5, 0.6) is 0 Å². The summed E-state index contributed by atoms with van der Waals surface area (Å²) in [7, 11) is 2.88. The molecule has 222 valence electrons. The van der Waals surface area contributed by atoms with Gasteiger partial charge in [0.2, 0.25) is 29.5 Å². The maximum Gasteiger partial charge on any atom is 0.326 e. The second kappa shape index (κ2) is 15.3. The van der Waals surface area contributed by atoms with E-state index in [9.17, 15) is 33.9 Å². The molecular formula is C25H37N5O8S2. The van der Waals surface area contributed by atoms with Gasteiger partial charge < -0.3 is 36.0 Å². The molecule has 5 N–H and O–H groups in total. The van der Waals surface area contributed by atoms with Crippen molar-refractivity contribution in [1.29, 1.82) is 0 Å². The smallest absolute Gasteiger partial charge is 0.326 e. The van der Waals surface area contributed by atoms with Crippen molar-refractivity contribution in [1.82, 2.24) is 26.2 Å². The lowest BCUT2D eigenvalue weighted by atomic mass is 10.1. The predicted molar refractivity (Wildman–Crippen MR) is 149 cm³/mol. The summed E-state index contributed by atoms with van der Waals surface area (Å²) in [6.07, 6.45) is 3.41. The van der Waals surface area contributed by atoms with Crippen LogP contribution in [-0.4, -0.2) is 107 Å². The van der Waals surface area contributed by atoms with Crippen LogP contribution < -0.4 is 21.3 Å². The molecule has 2 aliphatic heterocycles. The number of carbonyl (C=O) groups excluding carboxylic acids is 6. The molecule has 3 atom stereocenters. The Bertz CT molecular complexity index is 1010. The zero-order valence-electron chi connectivity index (χ0n) is 22.4. The van der Waals surface area contributed by atoms with Gasteiger partial charge in [-0.2, -0.15) is 0 Å². The van der Waals surface area contributed by atoms with E-state index in [1.807, 2.05) is 0 Å². The molecule has 40 heavy (non-hydrogen) atoms. The van der Waals surface area contributed by atoms with Gasteiger partial charge >= 0.3 is 5.97 Å². The summed E-state index contributed by atoms with van der Waals surface area (Å²) >= 11 is 0. The number of likely N-dealkylation sites (N-methyl/N-ethyl adjacent to an activating group) is 1. The Morgan fingerprint density at radius 2 is 1.93 bits per heavy atom. The second-order valence-corrected chi connectivity index (χ2v) is 12.4. The fourth-order valence-electron chi connectivity index (χ4n) is 4.24. The minimum atomic E-state index is -1.17. The van der Waals surface area contributed by atoms with Crippen molar-refractivity contribution >= 4 is 57.1 Å². The first-order valence-corrected chi connectivity index (χ1v) is 15.9. The summed E-state index contributed by atoms with van der Waals surface area (Å²) in [5, 5.41) is 19.8. The van der Waals surface area contributed by atoms with Crippen molar-refractivity contribution in [3.63, 3.8) is 0 Å². The lowest BCUT2D eigenvalue weighted by Crippen LogP contribution is -2.59. The van der Waals surface area contributed by atoms with Gasteiger partial charge in [0.1, 0.15) is 30.3 Å². The molecule has 2 fully saturated rings. The predicted octanol–water partition coefficient (Wildman–Crippen LogP) is -1.00. The number of fused-ring (bicyclic) bond motifs is 7. The number of aliphatic hydroxyl groups excluding tert-OH is 1. The highest BCUT2D eigenvalue weighted by molar-refractivity contribution is 8.76. The summed E-state index contributed by atoms with van der Waals surface area (Å²) in [6, 6.07) is -2.17. The number of nitrogens with zero attached hydrogens (tertiary/aromatic N) is 1. The Hall–Kier alpha value is -2.78. The number of ether oxygens (including phenoxy) is 1. The van der Waals surface area contributed by atoms with Crippen LogP contribution in [0.15, 0.2) is 12.2 Å². The van der Waals surface area contributed by atoms with E-state index in [0.29, 0.717) is 31.6 Å². The molecule has 0 aromatic rings. The number of nitrogens with one attached hydrogen (secondary N) is 4. The van der Waals surface area contributed by atoms with Crippen LogP contribution in [0.25, 0.3) is 0 Å². The van der Waals surface area contributed by atoms with E-state index in [4.69, 9.17) is 4.74 Å². The quantitative estimate of drug-likeness (QED) is 0.144. The molecule has 1 aliphatic carbocycles. The van der Waals surface area contributed by atoms with Crippen LogP contribution >= 0.6 is 21.6 Å². The Morgan fingerprint density at radius 1 is 1.15 bits per heavy atom. The van der Waals surface area contributed by atoms with Gasteiger partial charge in [0.05, 0.1) is 13.0 Å². The molecule has 15 heteroatoms. The maximum absolute atomic E-state index is 13.4. The van der Waals surface area contributed by atoms with Gasteiger partial charge in [-0.3, -0.25) is 28.8 Å². The van der Waals surface area contributed by atoms with E-state index < -0.39 is 59.9 Å². The van der Waals surface area contributed by atoms with Crippen molar-refractivity contribution in [3.05, 3.63) is 12.2 Å². The first-order chi connectivity index (χ1) is 19.2. The molecule has 1 spiro atoms. The first kappa shape index (κ1) is 31.7. The summed E-state index contributed by atoms with van der Waals surface area (Å²) in [6.45, 7) is 1.64. The Labute approximate surface area is 240 Å². The SMILES string of the molecule is CCN(CCO)C(=O)CCC1NC(=O)C[C@@H]2/C=C/CCSSC[C@H](NC1=O)C(=O)NC1(CC1)C(=O)NCC(=O)O2. The van der Waals surface area contributed by atoms with Crippen LogP contribution in [-0.2, 0) is 33.5 Å². The molecule has 2 bridgehead atoms. The molecule has 1 saturated heterocycles. The molecule has 1 unspecified atom stereocenters. The zero-order chi connectivity index (χ0) is 29.1. The van der Waals surface area contributed by atoms with Gasteiger partial charge in [0.15, 0.2) is 0 Å². The summed E-state index contributed by atoms with van der Waals surface area (Å²) in [5.74, 6) is -2.50. The zero-order valence-corrected chi connectivity index (χ0v) is 24.1. The molecule has 0 aromatic heterocycles. The van der Waals surface area contributed by atoms with Crippen LogP contribution in [0.3, 0.4) is 0 Å². The van der Waals surface area contributed by atoms with Crippen LogP contribution in [0, 0.1) is 0 Å². The average Bonchev–Trinajstić information content (AvgIpc) is 3.70. The molecule has 0 radical (unpaired) electrons. The number of amides is 5. The lowest BCUT2D eigenvalue weighted by molar-refractivity contribution is -0.148. The van der Waals surface area contributed by atoms with E-state index in [1.54, 1.807) is 19.1 Å². The fourth-order valence-corrected chi connectivity index (χ4v) is 6.40. The molecule has 3 aliphatic rings. The third kappa shape index (κ3) is 9.41. The summed E-state index contributed by atoms with van der Waals surface area (Å²) in [5.41, 5.74) is -1.17. The van der Waals surface area contributed by atoms with E-state index >= 15 is 0 Å². The molecule has 0 aromatic carbocycles. The minimum absolute atomic E-state index is 0.0544. The Balaban J connectivity index is 1.89. The fraction of sp³-hybridized carbons (Fsp3) is 0.680. The standard InChI is InChI=1S/C25H37N5O8S2/c1-2-30(10-11-31)20(33)7-6-17-22(35)28-18-15-40-39-12-4-3-5-16(13-19(32)27-17)38-21(34)14-26-24(37)25(8-9-25)29-23(18)36/h3,5,16-18,31H,2,4,6-15H2,1H3,(H,26,37)(H,27,32)(H,28,35)(H,29,36)/b5-3+/t16-,17?,18-/m0/s1. The molecule has 1 saturated carbocycles. The lowest BCUT2D eigenvalue weighted by Gasteiger charge is -2.26. The van der Waals surface area contributed by atoms with E-state index in [-0.39, 0.29) is 44.1 Å². The van der Waals surface area contributed by atoms with E-state index in [0.717, 1.165) is 0 Å². The van der Waals surface area contributed by atoms with Gasteiger partial charge in [-0.05, 0) is 38.7 Å². The second-order valence-electron chi connectivity index (χ2n) is 9.73. The van der Waals surface area contributed by atoms with E-state index in [2.05, 4.69) is 21.3 Å². The topological polar surface area (TPSA) is 183 Å². The minimum Gasteiger partial charge on any atom is -0.456 e. The van der Waals surface area contributed by atoms with Gasteiger partial charge in [-0.25, -0.2) is 0 Å². The van der Waals surface area contributed by atoms with E-state index in [1.165, 1.54) is 26.5 Å². The normalized spacial score (nSPS) is 26.9. The van der Waals surface area contributed by atoms with Crippen molar-refractivity contribution in [2.24, 2.45) is 0 Å². The average molecular weight is 600 g/mol. The maximum atomic E-state index is 13.4. The monoisotopic (exact) mass is 599 g/mol. The van der Waals surface area contributed by atoms with Gasteiger partial charge in [-0.15, -0.1) is 0 Å². The summed E-state index contributed by atoms with van der Waals surface area (Å²) < 4.78 is 5.44. The Kier molecular flexibility index (Phi) is 12.1. The third-order valence-electron chi connectivity index (χ3n) is 6.68. The van der Waals surface area contributed by atoms with Crippen molar-refractivity contribution in [2.75, 3.05) is 37.7 Å². The first-order valence-electron chi connectivity index (χ1n) is 13.4. The van der Waals surface area contributed by atoms with Crippen LogP contribution in [0.1, 0.15) is 45.4 Å². The number of carbonyl (C=O) groups is 6. The number of esters is 1. The Morgan fingerprint density at radius 3 is 2.62 bits per heavy atom. The molecule has 5 amide bonds. The highest BCUT2D eigenvalue weighted by Crippen LogP contribution is 2.36. The molecule has 3 rings (SSSR count). The number of hydrogen-bond donors (Lipinski definition) is 5. The van der Waals surface area contributed by atoms with Crippen molar-refractivity contribution < 1.29 is 38.6 Å². The highest BCUT2D eigenvalue weighted by atomic mass is 33.1. The van der Waals surface area contributed by atoms with Crippen molar-refractivity contribution in [3.8, 4) is 0 Å². The van der Waals surface area contributed by atoms with Crippen LogP contribution in [0.4, 0.5) is 0 Å². The highest BCUT2D eigenvalue weighted by Gasteiger charge is 2.52. The number of rotatable bonds is 6. The number of aliphatic hydroxyl groups is 1. The van der Waals surface area contributed by atoms with Gasteiger partial charge in [-0.1, -0.05) is 27.7 Å². The molecular weight excluding hydrogens is 562 g/mol. The number of hydrogen-bond acceptors (Lipinski definition) is 10. The third-order valence-corrected chi connectivity index (χ3v) is 9.13. The van der Waals surface area contributed by atoms with Crippen molar-refractivity contribution in [2.45, 2.75) is 69.2 Å². The molecule has 13 nitrogen and oxygen atoms in total. The molecule has 2 heterocycles. The largest absolute Gasteiger partial charge is 0.456 e. The number of allylic oxidation sites excluding steroid dienone is 1.